The van der Waals surface area contributed by atoms with Crippen LogP contribution in [-0.2, 0) is 0 Å². The predicted octanol–water partition coefficient (Wildman–Crippen LogP) is 3.81. The number of rotatable bonds is 3. The summed E-state index contributed by atoms with van der Waals surface area (Å²) in [5.74, 6) is -0.362. The molecule has 2 aromatic heterocycles. The Balaban J connectivity index is 1.92. The number of nitrogens with zero attached hydrogens (tertiary/aromatic N) is 2. The minimum absolute atomic E-state index is 0.362. The van der Waals surface area contributed by atoms with Crippen molar-refractivity contribution < 1.29 is 10.2 Å². The van der Waals surface area contributed by atoms with E-state index < -0.39 is 11.5 Å². The Morgan fingerprint density at radius 2 is 1.85 bits per heavy atom. The summed E-state index contributed by atoms with van der Waals surface area (Å²) in [5.41, 5.74) is 3.55. The maximum Gasteiger partial charge on any atom is 0.223 e. The molecule has 4 aromatic rings. The minimum Gasteiger partial charge on any atom is -0.503 e. The van der Waals surface area contributed by atoms with Gasteiger partial charge in [-0.1, -0.05) is 30.3 Å². The molecule has 0 saturated heterocycles. The van der Waals surface area contributed by atoms with Crippen LogP contribution in [0.5, 0.6) is 5.75 Å². The Labute approximate surface area is 155 Å². The van der Waals surface area contributed by atoms with E-state index in [2.05, 4.69) is 4.98 Å². The van der Waals surface area contributed by atoms with Crippen molar-refractivity contribution in [3.63, 3.8) is 0 Å². The predicted molar refractivity (Wildman–Crippen MR) is 105 cm³/mol. The second-order valence-electron chi connectivity index (χ2n) is 6.42. The van der Waals surface area contributed by atoms with Gasteiger partial charge in [0.15, 0.2) is 5.75 Å². The molecule has 0 aliphatic heterocycles. The fourth-order valence-corrected chi connectivity index (χ4v) is 3.26. The van der Waals surface area contributed by atoms with Gasteiger partial charge in [0.25, 0.3) is 0 Å². The standard InChI is InChI=1S/C22H18N2O3/c1-14(25)20-12-21(26)22(27)13-24(20)16-6-2-5-15(11-16)17-7-3-9-19-18(17)8-4-10-23-19/h2-14,25,27H,1H3. The van der Waals surface area contributed by atoms with E-state index >= 15 is 0 Å². The zero-order valence-corrected chi connectivity index (χ0v) is 14.7. The van der Waals surface area contributed by atoms with E-state index in [1.807, 2.05) is 54.6 Å². The average molecular weight is 358 g/mol. The maximum absolute atomic E-state index is 11.8. The Bertz CT molecular complexity index is 1190. The topological polar surface area (TPSA) is 75.3 Å². The molecule has 0 radical (unpaired) electrons. The van der Waals surface area contributed by atoms with Crippen molar-refractivity contribution in [1.29, 1.82) is 0 Å². The van der Waals surface area contributed by atoms with Crippen molar-refractivity contribution in [2.24, 2.45) is 0 Å². The summed E-state index contributed by atoms with van der Waals surface area (Å²) in [6.45, 7) is 1.59. The molecule has 0 bridgehead atoms. The molecule has 0 aliphatic carbocycles. The van der Waals surface area contributed by atoms with Crippen molar-refractivity contribution >= 4 is 10.9 Å². The first-order valence-corrected chi connectivity index (χ1v) is 8.63. The summed E-state index contributed by atoms with van der Waals surface area (Å²) in [6.07, 6.45) is 2.25. The molecule has 134 valence electrons. The molecule has 0 fully saturated rings. The van der Waals surface area contributed by atoms with Crippen LogP contribution in [0.1, 0.15) is 18.7 Å². The number of aliphatic hydroxyl groups excluding tert-OH is 1. The number of aromatic nitrogens is 2. The van der Waals surface area contributed by atoms with Crippen LogP contribution >= 0.6 is 0 Å². The van der Waals surface area contributed by atoms with E-state index in [4.69, 9.17) is 0 Å². The molecule has 1 unspecified atom stereocenters. The number of aliphatic hydroxyl groups is 1. The van der Waals surface area contributed by atoms with Gasteiger partial charge in [-0.15, -0.1) is 0 Å². The number of benzene rings is 2. The average Bonchev–Trinajstić information content (AvgIpc) is 2.69. The quantitative estimate of drug-likeness (QED) is 0.584. The van der Waals surface area contributed by atoms with Crippen molar-refractivity contribution in [2.45, 2.75) is 13.0 Å². The van der Waals surface area contributed by atoms with Crippen LogP contribution in [0.4, 0.5) is 0 Å². The maximum atomic E-state index is 11.8. The number of fused-ring (bicyclic) bond motifs is 1. The van der Waals surface area contributed by atoms with Crippen LogP contribution in [0, 0.1) is 0 Å². The lowest BCUT2D eigenvalue weighted by Gasteiger charge is -2.17. The number of hydrogen-bond donors (Lipinski definition) is 2. The third kappa shape index (κ3) is 3.09. The molecule has 27 heavy (non-hydrogen) atoms. The number of aromatic hydroxyl groups is 1. The first-order chi connectivity index (χ1) is 13.0. The van der Waals surface area contributed by atoms with Crippen molar-refractivity contribution in [3.8, 4) is 22.6 Å². The van der Waals surface area contributed by atoms with Gasteiger partial charge >= 0.3 is 0 Å². The summed E-state index contributed by atoms with van der Waals surface area (Å²) < 4.78 is 1.63. The lowest BCUT2D eigenvalue weighted by atomic mass is 10.00. The molecule has 0 aliphatic rings. The van der Waals surface area contributed by atoms with Gasteiger partial charge in [0.1, 0.15) is 0 Å². The minimum atomic E-state index is -0.858. The van der Waals surface area contributed by atoms with Crippen LogP contribution in [0.25, 0.3) is 27.7 Å². The summed E-state index contributed by atoms with van der Waals surface area (Å²) in [7, 11) is 0. The largest absolute Gasteiger partial charge is 0.503 e. The van der Waals surface area contributed by atoms with Gasteiger partial charge < -0.3 is 14.8 Å². The van der Waals surface area contributed by atoms with Gasteiger partial charge in [-0.3, -0.25) is 9.78 Å². The third-order valence-corrected chi connectivity index (χ3v) is 4.57. The van der Waals surface area contributed by atoms with Gasteiger partial charge in [-0.2, -0.15) is 0 Å². The Hall–Kier alpha value is -3.44. The van der Waals surface area contributed by atoms with E-state index in [1.165, 1.54) is 12.3 Å². The molecule has 2 aromatic carbocycles. The first-order valence-electron chi connectivity index (χ1n) is 8.63. The van der Waals surface area contributed by atoms with Gasteiger partial charge in [0, 0.05) is 23.3 Å². The third-order valence-electron chi connectivity index (χ3n) is 4.57. The molecule has 2 heterocycles. The molecule has 5 nitrogen and oxygen atoms in total. The molecule has 5 heteroatoms. The summed E-state index contributed by atoms with van der Waals surface area (Å²) in [6, 6.07) is 18.9. The van der Waals surface area contributed by atoms with Crippen molar-refractivity contribution in [1.82, 2.24) is 9.55 Å². The molecule has 4 rings (SSSR count). The van der Waals surface area contributed by atoms with Gasteiger partial charge in [-0.05, 0) is 42.3 Å². The van der Waals surface area contributed by atoms with Crippen molar-refractivity contribution in [2.75, 3.05) is 0 Å². The molecular formula is C22H18N2O3. The van der Waals surface area contributed by atoms with E-state index in [9.17, 15) is 15.0 Å². The molecule has 0 saturated carbocycles. The van der Waals surface area contributed by atoms with Crippen LogP contribution in [0.15, 0.2) is 77.9 Å². The highest BCUT2D eigenvalue weighted by Crippen LogP contribution is 2.30. The normalized spacial score (nSPS) is 12.2. The fraction of sp³-hybridized carbons (Fsp3) is 0.0909. The molecule has 0 amide bonds. The highest BCUT2D eigenvalue weighted by Gasteiger charge is 2.13. The van der Waals surface area contributed by atoms with Crippen LogP contribution in [0.3, 0.4) is 0 Å². The fourth-order valence-electron chi connectivity index (χ4n) is 3.26. The monoisotopic (exact) mass is 358 g/mol. The number of hydrogen-bond acceptors (Lipinski definition) is 4. The van der Waals surface area contributed by atoms with E-state index in [0.717, 1.165) is 27.7 Å². The lowest BCUT2D eigenvalue weighted by molar-refractivity contribution is 0.191. The lowest BCUT2D eigenvalue weighted by Crippen LogP contribution is -2.13. The van der Waals surface area contributed by atoms with Gasteiger partial charge in [0.2, 0.25) is 5.43 Å². The summed E-state index contributed by atoms with van der Waals surface area (Å²) in [4.78, 5) is 16.2. The summed E-state index contributed by atoms with van der Waals surface area (Å²) >= 11 is 0. The first kappa shape index (κ1) is 17.0. The summed E-state index contributed by atoms with van der Waals surface area (Å²) in [5, 5.41) is 21.0. The molecule has 0 spiro atoms. The van der Waals surface area contributed by atoms with Crippen LogP contribution in [0.2, 0.25) is 0 Å². The molecule has 2 N–H and O–H groups in total. The Morgan fingerprint density at radius 1 is 1.04 bits per heavy atom. The zero-order valence-electron chi connectivity index (χ0n) is 14.7. The van der Waals surface area contributed by atoms with Gasteiger partial charge in [-0.25, -0.2) is 0 Å². The molecule has 1 atom stereocenters. The highest BCUT2D eigenvalue weighted by atomic mass is 16.3. The Morgan fingerprint density at radius 3 is 2.67 bits per heavy atom. The number of pyridine rings is 2. The smallest absolute Gasteiger partial charge is 0.223 e. The van der Waals surface area contributed by atoms with E-state index in [1.54, 1.807) is 17.7 Å². The van der Waals surface area contributed by atoms with Crippen LogP contribution < -0.4 is 5.43 Å². The highest BCUT2D eigenvalue weighted by molar-refractivity contribution is 5.94. The van der Waals surface area contributed by atoms with E-state index in [0.29, 0.717) is 5.69 Å². The van der Waals surface area contributed by atoms with Crippen molar-refractivity contribution in [3.05, 3.63) is 89.0 Å². The zero-order chi connectivity index (χ0) is 19.0. The van der Waals surface area contributed by atoms with Gasteiger partial charge in [0.05, 0.1) is 23.5 Å². The second kappa shape index (κ2) is 6.70. The molecular weight excluding hydrogens is 340 g/mol. The second-order valence-corrected chi connectivity index (χ2v) is 6.42. The SMILES string of the molecule is CC(O)c1cc(=O)c(O)cn1-c1cccc(-c2cccc3ncccc23)c1. The van der Waals surface area contributed by atoms with E-state index in [-0.39, 0.29) is 5.75 Å². The Kier molecular flexibility index (Phi) is 4.22. The van der Waals surface area contributed by atoms with Crippen LogP contribution in [-0.4, -0.2) is 19.8 Å².